The molecule has 0 bridgehead atoms. The first kappa shape index (κ1) is 55.0. The fourth-order valence-corrected chi connectivity index (χ4v) is 7.62. The van der Waals surface area contributed by atoms with Gasteiger partial charge in [0.05, 0.1) is 39.9 Å². The number of aliphatic hydroxyl groups excluding tert-OH is 1. The summed E-state index contributed by atoms with van der Waals surface area (Å²) < 4.78 is 23.4. The molecule has 332 valence electrons. The van der Waals surface area contributed by atoms with Gasteiger partial charge in [0.15, 0.2) is 0 Å². The molecule has 0 saturated carbocycles. The zero-order valence-electron chi connectivity index (χ0n) is 37.6. The number of nitrogens with one attached hydrogen (secondary N) is 1. The molecule has 1 amide bonds. The largest absolute Gasteiger partial charge is 0.472 e. The van der Waals surface area contributed by atoms with E-state index in [1.807, 2.05) is 27.2 Å². The van der Waals surface area contributed by atoms with Crippen LogP contribution in [0.15, 0.2) is 24.3 Å². The molecule has 3 atom stereocenters. The maximum atomic E-state index is 12.6. The van der Waals surface area contributed by atoms with Crippen molar-refractivity contribution >= 4 is 13.7 Å². The molecule has 0 rings (SSSR count). The van der Waals surface area contributed by atoms with Gasteiger partial charge in [0.1, 0.15) is 13.2 Å². The van der Waals surface area contributed by atoms with Gasteiger partial charge >= 0.3 is 7.82 Å². The van der Waals surface area contributed by atoms with E-state index in [1.54, 1.807) is 6.08 Å². The van der Waals surface area contributed by atoms with Crippen molar-refractivity contribution in [2.45, 2.75) is 231 Å². The Morgan fingerprint density at radius 1 is 0.589 bits per heavy atom. The summed E-state index contributed by atoms with van der Waals surface area (Å²) in [6.07, 6.45) is 47.6. The van der Waals surface area contributed by atoms with Crippen LogP contribution < -0.4 is 5.32 Å². The number of phosphoric acid groups is 1. The standard InChI is InChI=1S/C47H93N2O6P/c1-6-8-10-12-13-14-15-16-17-18-19-20-21-22-23-24-25-26-27-28-29-30-31-32-33-34-35-37-38-40-46(50)45(48-47(51)41-39-36-11-9-7-2)44-55-56(52,53)54-43-42-49(3,4)5/h33-34,38,40,45-46,50H,6-32,35-37,39,41-44H2,1-5H3,(H-,48,51,52,53)/p+1/b34-33+,40-38+. The number of amides is 1. The number of likely N-dealkylation sites (N-methyl/N-ethyl adjacent to an activating group) is 1. The average Bonchev–Trinajstić information content (AvgIpc) is 3.15. The summed E-state index contributed by atoms with van der Waals surface area (Å²) in [7, 11) is 1.56. The molecule has 0 radical (unpaired) electrons. The summed E-state index contributed by atoms with van der Waals surface area (Å²) >= 11 is 0. The van der Waals surface area contributed by atoms with Crippen molar-refractivity contribution in [3.8, 4) is 0 Å². The maximum absolute atomic E-state index is 12.6. The predicted octanol–water partition coefficient (Wildman–Crippen LogP) is 13.3. The number of unbranched alkanes of at least 4 members (excludes halogenated alkanes) is 28. The second kappa shape index (κ2) is 39.4. The lowest BCUT2D eigenvalue weighted by atomic mass is 10.0. The molecule has 3 N–H and O–H groups in total. The summed E-state index contributed by atoms with van der Waals surface area (Å²) in [6, 6.07) is -0.855. The number of quaternary nitrogens is 1. The van der Waals surface area contributed by atoms with Gasteiger partial charge in [0.25, 0.3) is 0 Å². The molecule has 9 heteroatoms. The Labute approximate surface area is 347 Å². The van der Waals surface area contributed by atoms with Crippen LogP contribution in [0.4, 0.5) is 0 Å². The molecule has 0 aliphatic rings. The average molecular weight is 814 g/mol. The van der Waals surface area contributed by atoms with Crippen molar-refractivity contribution in [3.63, 3.8) is 0 Å². The number of rotatable bonds is 43. The van der Waals surface area contributed by atoms with E-state index in [0.717, 1.165) is 51.4 Å². The van der Waals surface area contributed by atoms with Crippen molar-refractivity contribution in [1.82, 2.24) is 5.32 Å². The van der Waals surface area contributed by atoms with Crippen molar-refractivity contribution in [3.05, 3.63) is 24.3 Å². The molecule has 8 nitrogen and oxygen atoms in total. The molecule has 3 unspecified atom stereocenters. The van der Waals surface area contributed by atoms with Crippen molar-refractivity contribution in [2.75, 3.05) is 40.9 Å². The maximum Gasteiger partial charge on any atom is 0.472 e. The number of hydrogen-bond donors (Lipinski definition) is 3. The zero-order chi connectivity index (χ0) is 41.4. The van der Waals surface area contributed by atoms with Gasteiger partial charge in [-0.05, 0) is 32.1 Å². The highest BCUT2D eigenvalue weighted by Gasteiger charge is 2.27. The van der Waals surface area contributed by atoms with Crippen LogP contribution in [0.25, 0.3) is 0 Å². The first-order chi connectivity index (χ1) is 27.0. The van der Waals surface area contributed by atoms with Gasteiger partial charge in [-0.3, -0.25) is 13.8 Å². The molecular weight excluding hydrogens is 719 g/mol. The van der Waals surface area contributed by atoms with Gasteiger partial charge in [-0.2, -0.15) is 0 Å². The summed E-state index contributed by atoms with van der Waals surface area (Å²) in [5.74, 6) is -0.199. The highest BCUT2D eigenvalue weighted by atomic mass is 31.2. The number of carbonyl (C=O) groups is 1. The van der Waals surface area contributed by atoms with E-state index in [9.17, 15) is 19.4 Å². The minimum Gasteiger partial charge on any atom is -0.387 e. The van der Waals surface area contributed by atoms with Gasteiger partial charge < -0.3 is 19.8 Å². The molecular formula is C47H94N2O6P+. The number of aliphatic hydroxyl groups is 1. The van der Waals surface area contributed by atoms with E-state index in [2.05, 4.69) is 31.3 Å². The molecule has 0 fully saturated rings. The Bertz CT molecular complexity index is 969. The fourth-order valence-electron chi connectivity index (χ4n) is 6.88. The van der Waals surface area contributed by atoms with Crippen LogP contribution in [-0.2, 0) is 18.4 Å². The summed E-state index contributed by atoms with van der Waals surface area (Å²) in [5.41, 5.74) is 0. The SMILES string of the molecule is CCCCCCCCCCCCCCCCCCCCCCCCC/C=C/CC/C=C/C(O)C(COP(=O)(O)OCC[N+](C)(C)C)NC(=O)CCCCCCC. The number of nitrogens with zero attached hydrogens (tertiary/aromatic N) is 1. The minimum atomic E-state index is -4.33. The van der Waals surface area contributed by atoms with Crippen molar-refractivity contribution in [2.24, 2.45) is 0 Å². The third-order valence-electron chi connectivity index (χ3n) is 10.7. The van der Waals surface area contributed by atoms with Gasteiger partial charge in [-0.15, -0.1) is 0 Å². The third kappa shape index (κ3) is 41.2. The molecule has 0 aliphatic carbocycles. The van der Waals surface area contributed by atoms with Crippen LogP contribution in [0.3, 0.4) is 0 Å². The summed E-state index contributed by atoms with van der Waals surface area (Å²) in [5, 5.41) is 13.7. The quantitative estimate of drug-likeness (QED) is 0.0245. The molecule has 0 saturated heterocycles. The van der Waals surface area contributed by atoms with Crippen LogP contribution in [0.1, 0.15) is 219 Å². The van der Waals surface area contributed by atoms with Crippen molar-refractivity contribution < 1.29 is 32.9 Å². The Kier molecular flexibility index (Phi) is 38.7. The van der Waals surface area contributed by atoms with E-state index in [4.69, 9.17) is 9.05 Å². The minimum absolute atomic E-state index is 0.0572. The van der Waals surface area contributed by atoms with E-state index >= 15 is 0 Å². The van der Waals surface area contributed by atoms with E-state index in [1.165, 1.54) is 148 Å². The molecule has 56 heavy (non-hydrogen) atoms. The number of phosphoric ester groups is 1. The van der Waals surface area contributed by atoms with Gasteiger partial charge in [0, 0.05) is 6.42 Å². The molecule has 0 aromatic carbocycles. The molecule has 0 aliphatic heterocycles. The van der Waals surface area contributed by atoms with Crippen LogP contribution in [-0.4, -0.2) is 73.4 Å². The molecule has 0 aromatic heterocycles. The lowest BCUT2D eigenvalue weighted by Crippen LogP contribution is -2.45. The van der Waals surface area contributed by atoms with Gasteiger partial charge in [-0.25, -0.2) is 4.57 Å². The number of carbonyl (C=O) groups excluding carboxylic acids is 1. The van der Waals surface area contributed by atoms with E-state index in [0.29, 0.717) is 17.4 Å². The first-order valence-corrected chi connectivity index (χ1v) is 25.2. The van der Waals surface area contributed by atoms with E-state index < -0.39 is 20.0 Å². The highest BCUT2D eigenvalue weighted by Crippen LogP contribution is 2.43. The molecule has 0 spiro atoms. The lowest BCUT2D eigenvalue weighted by molar-refractivity contribution is -0.870. The van der Waals surface area contributed by atoms with Gasteiger partial charge in [0.2, 0.25) is 5.91 Å². The number of allylic oxidation sites excluding steroid dienone is 3. The van der Waals surface area contributed by atoms with E-state index in [-0.39, 0.29) is 19.1 Å². The second-order valence-corrected chi connectivity index (χ2v) is 18.9. The predicted molar refractivity (Wildman–Crippen MR) is 240 cm³/mol. The topological polar surface area (TPSA) is 105 Å². The van der Waals surface area contributed by atoms with Crippen molar-refractivity contribution in [1.29, 1.82) is 0 Å². The van der Waals surface area contributed by atoms with Crippen LogP contribution >= 0.6 is 7.82 Å². The van der Waals surface area contributed by atoms with Gasteiger partial charge in [-0.1, -0.05) is 205 Å². The normalized spacial score (nSPS) is 14.5. The number of hydrogen-bond acceptors (Lipinski definition) is 5. The first-order valence-electron chi connectivity index (χ1n) is 23.7. The lowest BCUT2D eigenvalue weighted by Gasteiger charge is -2.25. The second-order valence-electron chi connectivity index (χ2n) is 17.5. The monoisotopic (exact) mass is 814 g/mol. The Morgan fingerprint density at radius 3 is 1.43 bits per heavy atom. The highest BCUT2D eigenvalue weighted by molar-refractivity contribution is 7.47. The summed E-state index contributed by atoms with van der Waals surface area (Å²) in [4.78, 5) is 22.8. The van der Waals surface area contributed by atoms with Crippen LogP contribution in [0, 0.1) is 0 Å². The summed E-state index contributed by atoms with van der Waals surface area (Å²) in [6.45, 7) is 4.71. The Hall–Kier alpha value is -1.02. The fraction of sp³-hybridized carbons (Fsp3) is 0.894. The zero-order valence-corrected chi connectivity index (χ0v) is 38.5. The Morgan fingerprint density at radius 2 is 0.982 bits per heavy atom. The molecule has 0 heterocycles. The van der Waals surface area contributed by atoms with Crippen LogP contribution in [0.2, 0.25) is 0 Å². The van der Waals surface area contributed by atoms with Crippen LogP contribution in [0.5, 0.6) is 0 Å². The smallest absolute Gasteiger partial charge is 0.387 e. The third-order valence-corrected chi connectivity index (χ3v) is 11.7. The Balaban J connectivity index is 4.00. The molecule has 0 aromatic rings.